The van der Waals surface area contributed by atoms with Crippen molar-refractivity contribution in [2.24, 2.45) is 0 Å². The van der Waals surface area contributed by atoms with E-state index in [1.54, 1.807) is 27.7 Å². The molecule has 1 aliphatic rings. The van der Waals surface area contributed by atoms with Gasteiger partial charge in [0.1, 0.15) is 11.4 Å². The largest absolute Gasteiger partial charge is 0.444 e. The molecule has 140 valence electrons. The number of amides is 1. The van der Waals surface area contributed by atoms with Crippen LogP contribution in [0.1, 0.15) is 38.8 Å². The predicted molar refractivity (Wildman–Crippen MR) is 82.4 cm³/mol. The van der Waals surface area contributed by atoms with E-state index in [2.05, 4.69) is 0 Å². The van der Waals surface area contributed by atoms with E-state index in [1.165, 1.54) is 4.90 Å². The summed E-state index contributed by atoms with van der Waals surface area (Å²) < 4.78 is 63.3. The number of carbonyl (C=O) groups excluding carboxylic acids is 1. The molecule has 0 radical (unpaired) electrons. The molecule has 1 saturated heterocycles. The molecule has 1 aromatic carbocycles. The van der Waals surface area contributed by atoms with Crippen molar-refractivity contribution in [2.45, 2.75) is 58.2 Å². The highest BCUT2D eigenvalue weighted by Gasteiger charge is 2.42. The van der Waals surface area contributed by atoms with E-state index in [0.717, 1.165) is 18.2 Å². The average molecular weight is 363 g/mol. The fraction of sp³-hybridized carbons (Fsp3) is 0.588. The highest BCUT2D eigenvalue weighted by atomic mass is 19.4. The van der Waals surface area contributed by atoms with Crippen molar-refractivity contribution in [3.63, 3.8) is 0 Å². The predicted octanol–water partition coefficient (Wildman–Crippen LogP) is 4.37. The van der Waals surface area contributed by atoms with Gasteiger partial charge in [0.2, 0.25) is 0 Å². The Morgan fingerprint density at radius 2 is 1.92 bits per heavy atom. The summed E-state index contributed by atoms with van der Waals surface area (Å²) in [6.45, 7) is 6.58. The zero-order chi connectivity index (χ0) is 19.0. The van der Waals surface area contributed by atoms with Crippen LogP contribution >= 0.6 is 0 Å². The summed E-state index contributed by atoms with van der Waals surface area (Å²) in [7, 11) is 0. The highest BCUT2D eigenvalue weighted by Crippen LogP contribution is 2.34. The Bertz CT molecular complexity index is 640. The van der Waals surface area contributed by atoms with E-state index in [4.69, 9.17) is 9.47 Å². The molecule has 1 heterocycles. The number of ether oxygens (including phenoxy) is 2. The van der Waals surface area contributed by atoms with Crippen LogP contribution in [0.5, 0.6) is 0 Å². The molecule has 0 aliphatic carbocycles. The molecule has 0 aromatic heterocycles. The van der Waals surface area contributed by atoms with E-state index in [0.29, 0.717) is 0 Å². The molecule has 8 heteroatoms. The fourth-order valence-corrected chi connectivity index (χ4v) is 2.49. The molecule has 1 fully saturated rings. The van der Waals surface area contributed by atoms with Crippen LogP contribution in [-0.4, -0.2) is 35.3 Å². The zero-order valence-corrected chi connectivity index (χ0v) is 14.5. The molecule has 0 N–H and O–H groups in total. The Kier molecular flexibility index (Phi) is 5.32. The van der Waals surface area contributed by atoms with Gasteiger partial charge in [-0.15, -0.1) is 0 Å². The van der Waals surface area contributed by atoms with Crippen molar-refractivity contribution in [2.75, 3.05) is 6.54 Å². The third-order valence-electron chi connectivity index (χ3n) is 3.90. The molecule has 2 rings (SSSR count). The lowest BCUT2D eigenvalue weighted by Gasteiger charge is -2.45. The first-order valence-corrected chi connectivity index (χ1v) is 7.86. The molecule has 2 unspecified atom stereocenters. The number of alkyl halides is 3. The maximum atomic E-state index is 13.8. The summed E-state index contributed by atoms with van der Waals surface area (Å²) in [5.74, 6) is -0.967. The van der Waals surface area contributed by atoms with Crippen LogP contribution < -0.4 is 0 Å². The van der Waals surface area contributed by atoms with Crippen molar-refractivity contribution < 1.29 is 31.8 Å². The number of likely N-dealkylation sites (tertiary alicyclic amines) is 1. The first kappa shape index (κ1) is 19.5. The van der Waals surface area contributed by atoms with Crippen LogP contribution in [0.2, 0.25) is 0 Å². The minimum atomic E-state index is -4.66. The summed E-state index contributed by atoms with van der Waals surface area (Å²) in [5, 5.41) is 0. The number of hydrogen-bond donors (Lipinski definition) is 0. The highest BCUT2D eigenvalue weighted by molar-refractivity contribution is 5.69. The summed E-state index contributed by atoms with van der Waals surface area (Å²) in [6, 6.07) is 2.43. The molecular formula is C17H21F4NO3. The van der Waals surface area contributed by atoms with Crippen LogP contribution in [-0.2, 0) is 22.3 Å². The van der Waals surface area contributed by atoms with E-state index in [-0.39, 0.29) is 12.6 Å². The van der Waals surface area contributed by atoms with Crippen LogP contribution in [0.4, 0.5) is 22.4 Å². The first-order valence-electron chi connectivity index (χ1n) is 7.86. The second-order valence-corrected chi connectivity index (χ2v) is 6.99. The van der Waals surface area contributed by atoms with Gasteiger partial charge in [-0.1, -0.05) is 6.07 Å². The molecule has 0 bridgehead atoms. The maximum Gasteiger partial charge on any atom is 0.416 e. The molecule has 0 spiro atoms. The quantitative estimate of drug-likeness (QED) is 0.749. The normalized spacial score (nSPS) is 21.0. The lowest BCUT2D eigenvalue weighted by Crippen LogP contribution is -2.62. The van der Waals surface area contributed by atoms with Crippen molar-refractivity contribution in [1.82, 2.24) is 4.90 Å². The third kappa shape index (κ3) is 4.62. The summed E-state index contributed by atoms with van der Waals surface area (Å²) in [5.41, 5.74) is -2.22. The van der Waals surface area contributed by atoms with Crippen LogP contribution in [0.3, 0.4) is 0 Å². The van der Waals surface area contributed by atoms with E-state index in [9.17, 15) is 22.4 Å². The Hall–Kier alpha value is -1.83. The van der Waals surface area contributed by atoms with Gasteiger partial charge in [0.25, 0.3) is 0 Å². The number of benzene rings is 1. The van der Waals surface area contributed by atoms with E-state index >= 15 is 0 Å². The lowest BCUT2D eigenvalue weighted by molar-refractivity contribution is -0.141. The summed E-state index contributed by atoms with van der Waals surface area (Å²) in [6.07, 6.45) is -5.65. The molecule has 1 aromatic rings. The second-order valence-electron chi connectivity index (χ2n) is 6.99. The summed E-state index contributed by atoms with van der Waals surface area (Å²) >= 11 is 0. The number of halogens is 4. The maximum absolute atomic E-state index is 13.8. The molecular weight excluding hydrogens is 342 g/mol. The average Bonchev–Trinajstić information content (AvgIpc) is 2.43. The number of rotatable bonds is 3. The Balaban J connectivity index is 1.98. The topological polar surface area (TPSA) is 38.8 Å². The fourth-order valence-electron chi connectivity index (χ4n) is 2.49. The summed E-state index contributed by atoms with van der Waals surface area (Å²) in [4.78, 5) is 13.4. The molecule has 1 aliphatic heterocycles. The molecule has 2 atom stereocenters. The SMILES string of the molecule is CC1C(OCc2c(F)cccc2C(F)(F)F)CN1C(=O)OC(C)(C)C. The minimum Gasteiger partial charge on any atom is -0.444 e. The molecule has 4 nitrogen and oxygen atoms in total. The van der Waals surface area contributed by atoms with Crippen LogP contribution in [0.15, 0.2) is 18.2 Å². The van der Waals surface area contributed by atoms with Gasteiger partial charge in [-0.05, 0) is 39.8 Å². The van der Waals surface area contributed by atoms with Crippen molar-refractivity contribution >= 4 is 6.09 Å². The number of carbonyl (C=O) groups is 1. The zero-order valence-electron chi connectivity index (χ0n) is 14.5. The van der Waals surface area contributed by atoms with E-state index in [1.807, 2.05) is 0 Å². The van der Waals surface area contributed by atoms with Crippen molar-refractivity contribution in [1.29, 1.82) is 0 Å². The standard InChI is InChI=1S/C17H21F4NO3/c1-10-14(8-22(10)15(23)25-16(2,3)4)24-9-11-12(17(19,20)21)6-5-7-13(11)18/h5-7,10,14H,8-9H2,1-4H3. The van der Waals surface area contributed by atoms with Crippen LogP contribution in [0.25, 0.3) is 0 Å². The smallest absolute Gasteiger partial charge is 0.416 e. The van der Waals surface area contributed by atoms with Gasteiger partial charge >= 0.3 is 12.3 Å². The van der Waals surface area contributed by atoms with Crippen molar-refractivity contribution in [3.8, 4) is 0 Å². The minimum absolute atomic E-state index is 0.186. The Morgan fingerprint density at radius 1 is 1.28 bits per heavy atom. The van der Waals surface area contributed by atoms with Gasteiger partial charge in [-0.25, -0.2) is 9.18 Å². The Morgan fingerprint density at radius 3 is 2.44 bits per heavy atom. The van der Waals surface area contributed by atoms with Gasteiger partial charge in [-0.2, -0.15) is 13.2 Å². The number of nitrogens with zero attached hydrogens (tertiary/aromatic N) is 1. The lowest BCUT2D eigenvalue weighted by atomic mass is 10.0. The van der Waals surface area contributed by atoms with E-state index < -0.39 is 47.5 Å². The first-order chi connectivity index (χ1) is 11.4. The monoisotopic (exact) mass is 363 g/mol. The molecule has 1 amide bonds. The van der Waals surface area contributed by atoms with Gasteiger partial charge in [0, 0.05) is 5.56 Å². The van der Waals surface area contributed by atoms with Gasteiger partial charge in [-0.3, -0.25) is 0 Å². The van der Waals surface area contributed by atoms with Crippen LogP contribution in [0, 0.1) is 5.82 Å². The Labute approximate surface area is 143 Å². The third-order valence-corrected chi connectivity index (χ3v) is 3.90. The number of hydrogen-bond acceptors (Lipinski definition) is 3. The molecule has 25 heavy (non-hydrogen) atoms. The molecule has 0 saturated carbocycles. The van der Waals surface area contributed by atoms with Crippen molar-refractivity contribution in [3.05, 3.63) is 35.1 Å². The van der Waals surface area contributed by atoms with Gasteiger partial charge in [0.15, 0.2) is 0 Å². The van der Waals surface area contributed by atoms with Gasteiger partial charge < -0.3 is 14.4 Å². The van der Waals surface area contributed by atoms with Gasteiger partial charge in [0.05, 0.1) is 30.9 Å². The second kappa shape index (κ2) is 6.82.